The fraction of sp³-hybridized carbons (Fsp3) is 0.500. The van der Waals surface area contributed by atoms with E-state index in [-0.39, 0.29) is 4.90 Å². The largest absolute Gasteiger partial charge is 0.399 e. The van der Waals surface area contributed by atoms with Crippen LogP contribution >= 0.6 is 0 Å². The van der Waals surface area contributed by atoms with Crippen molar-refractivity contribution in [3.63, 3.8) is 0 Å². The summed E-state index contributed by atoms with van der Waals surface area (Å²) < 4.78 is 33.5. The maximum Gasteiger partial charge on any atom is 0.243 e. The molecule has 1 aliphatic carbocycles. The summed E-state index contributed by atoms with van der Waals surface area (Å²) in [6.45, 7) is 3.29. The molecule has 7 heteroatoms. The van der Waals surface area contributed by atoms with E-state index in [1.54, 1.807) is 35.7 Å². The van der Waals surface area contributed by atoms with Crippen molar-refractivity contribution in [2.45, 2.75) is 36.6 Å². The molecule has 0 amide bonds. The average Bonchev–Trinajstić information content (AvgIpc) is 3.21. The Bertz CT molecular complexity index is 953. The van der Waals surface area contributed by atoms with Gasteiger partial charge in [0.15, 0.2) is 0 Å². The summed E-state index contributed by atoms with van der Waals surface area (Å²) in [7, 11) is -1.99. The van der Waals surface area contributed by atoms with Crippen molar-refractivity contribution in [3.8, 4) is 0 Å². The lowest BCUT2D eigenvalue weighted by Gasteiger charge is -2.38. The quantitative estimate of drug-likeness (QED) is 0.635. The van der Waals surface area contributed by atoms with Gasteiger partial charge in [0.25, 0.3) is 0 Å². The molecule has 2 aromatic rings. The van der Waals surface area contributed by atoms with Gasteiger partial charge in [-0.3, -0.25) is 4.90 Å². The fourth-order valence-corrected chi connectivity index (χ4v) is 6.45. The predicted octanol–water partition coefficient (Wildman–Crippen LogP) is 2.79. The molecule has 0 saturated carbocycles. The average molecular weight is 444 g/mol. The Morgan fingerprint density at radius 1 is 1.10 bits per heavy atom. The topological polar surface area (TPSA) is 75.9 Å². The van der Waals surface area contributed by atoms with E-state index in [9.17, 15) is 8.42 Å². The first-order valence-corrected chi connectivity index (χ1v) is 12.6. The van der Waals surface area contributed by atoms with Gasteiger partial charge in [0.05, 0.1) is 11.5 Å². The Hall–Kier alpha value is -1.93. The highest BCUT2D eigenvalue weighted by Gasteiger charge is 2.33. The number of hydrogen-bond donors (Lipinski definition) is 1. The van der Waals surface area contributed by atoms with Gasteiger partial charge in [-0.1, -0.05) is 24.3 Å². The van der Waals surface area contributed by atoms with E-state index in [0.717, 1.165) is 38.8 Å². The van der Waals surface area contributed by atoms with Crippen molar-refractivity contribution < 1.29 is 13.2 Å². The summed E-state index contributed by atoms with van der Waals surface area (Å²) in [4.78, 5) is 2.87. The number of rotatable bonds is 8. The minimum absolute atomic E-state index is 0.289. The smallest absolute Gasteiger partial charge is 0.243 e. The first-order valence-electron chi connectivity index (χ1n) is 11.1. The van der Waals surface area contributed by atoms with E-state index >= 15 is 0 Å². The summed E-state index contributed by atoms with van der Waals surface area (Å²) in [5.41, 5.74) is 9.23. The Labute approximate surface area is 186 Å². The molecule has 1 heterocycles. The zero-order chi connectivity index (χ0) is 21.8. The summed E-state index contributed by atoms with van der Waals surface area (Å²) in [5, 5.41) is 0. The predicted molar refractivity (Wildman–Crippen MR) is 123 cm³/mol. The highest BCUT2D eigenvalue weighted by atomic mass is 32.2. The molecule has 1 aliphatic heterocycles. The number of hydrogen-bond acceptors (Lipinski definition) is 5. The molecule has 0 spiro atoms. The number of methoxy groups -OCH3 is 1. The van der Waals surface area contributed by atoms with Crippen LogP contribution in [0.15, 0.2) is 53.4 Å². The molecule has 2 aromatic carbocycles. The summed E-state index contributed by atoms with van der Waals surface area (Å²) in [6, 6.07) is 15.7. The summed E-state index contributed by atoms with van der Waals surface area (Å²) in [6.07, 6.45) is 4.36. The third-order valence-electron chi connectivity index (χ3n) is 6.62. The molecule has 0 bridgehead atoms. The van der Waals surface area contributed by atoms with Crippen LogP contribution in [0, 0.1) is 5.92 Å². The molecule has 2 aliphatic rings. The van der Waals surface area contributed by atoms with Crippen molar-refractivity contribution in [1.82, 2.24) is 9.21 Å². The number of nitrogen functional groups attached to an aromatic ring is 1. The molecule has 31 heavy (non-hydrogen) atoms. The van der Waals surface area contributed by atoms with Gasteiger partial charge in [-0.05, 0) is 73.5 Å². The van der Waals surface area contributed by atoms with E-state index in [0.29, 0.717) is 37.3 Å². The molecular formula is C24H33N3O3S. The van der Waals surface area contributed by atoms with Gasteiger partial charge in [0, 0.05) is 38.5 Å². The van der Waals surface area contributed by atoms with E-state index in [4.69, 9.17) is 10.5 Å². The van der Waals surface area contributed by atoms with Crippen LogP contribution in [0.5, 0.6) is 0 Å². The van der Waals surface area contributed by atoms with Gasteiger partial charge in [-0.25, -0.2) is 8.42 Å². The monoisotopic (exact) mass is 443 g/mol. The van der Waals surface area contributed by atoms with Crippen molar-refractivity contribution in [3.05, 3.63) is 59.7 Å². The molecule has 168 valence electrons. The first kappa shape index (κ1) is 22.3. The Balaban J connectivity index is 1.45. The van der Waals surface area contributed by atoms with Crippen LogP contribution in [0.3, 0.4) is 0 Å². The highest BCUT2D eigenvalue weighted by molar-refractivity contribution is 7.89. The van der Waals surface area contributed by atoms with Gasteiger partial charge in [-0.2, -0.15) is 4.31 Å². The Morgan fingerprint density at radius 2 is 1.77 bits per heavy atom. The van der Waals surface area contributed by atoms with E-state index < -0.39 is 10.0 Å². The van der Waals surface area contributed by atoms with Crippen LogP contribution in [-0.2, 0) is 27.6 Å². The van der Waals surface area contributed by atoms with Crippen LogP contribution in [0.1, 0.15) is 24.0 Å². The molecule has 1 unspecified atom stereocenters. The SMILES string of the molecule is COCCN(CC1CCCN(C2Cc3ccccc3C2)C1)S(=O)(=O)c1ccc(N)cc1. The normalized spacial score (nSPS) is 20.3. The highest BCUT2D eigenvalue weighted by Crippen LogP contribution is 2.29. The second-order valence-corrected chi connectivity index (χ2v) is 10.7. The Morgan fingerprint density at radius 3 is 2.42 bits per heavy atom. The van der Waals surface area contributed by atoms with E-state index in [2.05, 4.69) is 29.2 Å². The zero-order valence-corrected chi connectivity index (χ0v) is 19.1. The molecule has 2 N–H and O–H groups in total. The minimum Gasteiger partial charge on any atom is -0.399 e. The van der Waals surface area contributed by atoms with Crippen LogP contribution in [0.25, 0.3) is 0 Å². The van der Waals surface area contributed by atoms with E-state index in [1.165, 1.54) is 11.1 Å². The van der Waals surface area contributed by atoms with Crippen molar-refractivity contribution in [2.24, 2.45) is 5.92 Å². The number of likely N-dealkylation sites (tertiary alicyclic amines) is 1. The van der Waals surface area contributed by atoms with Crippen LogP contribution in [-0.4, -0.2) is 63.6 Å². The number of fused-ring (bicyclic) bond motifs is 1. The maximum absolute atomic E-state index is 13.3. The lowest BCUT2D eigenvalue weighted by molar-refractivity contribution is 0.109. The zero-order valence-electron chi connectivity index (χ0n) is 18.2. The third kappa shape index (κ3) is 5.12. The maximum atomic E-state index is 13.3. The number of piperidine rings is 1. The number of nitrogens with two attached hydrogens (primary N) is 1. The lowest BCUT2D eigenvalue weighted by atomic mass is 9.96. The summed E-state index contributed by atoms with van der Waals surface area (Å²) >= 11 is 0. The van der Waals surface area contributed by atoms with Crippen molar-refractivity contribution in [2.75, 3.05) is 45.6 Å². The van der Waals surface area contributed by atoms with Gasteiger partial charge in [0.1, 0.15) is 0 Å². The number of nitrogens with zero attached hydrogens (tertiary/aromatic N) is 2. The lowest BCUT2D eigenvalue weighted by Crippen LogP contribution is -2.47. The molecule has 4 rings (SSSR count). The van der Waals surface area contributed by atoms with Crippen LogP contribution < -0.4 is 5.73 Å². The van der Waals surface area contributed by atoms with Gasteiger partial charge in [0.2, 0.25) is 10.0 Å². The minimum atomic E-state index is -3.59. The summed E-state index contributed by atoms with van der Waals surface area (Å²) in [5.74, 6) is 0.317. The van der Waals surface area contributed by atoms with Crippen molar-refractivity contribution >= 4 is 15.7 Å². The standard InChI is InChI=1S/C24H33N3O3S/c1-30-14-13-27(31(28,29)24-10-8-22(25)9-11-24)18-19-5-4-12-26(17-19)23-15-20-6-2-3-7-21(20)16-23/h2-3,6-11,19,23H,4-5,12-18,25H2,1H3. The Kier molecular flexibility index (Phi) is 6.96. The molecule has 1 saturated heterocycles. The van der Waals surface area contributed by atoms with Gasteiger partial charge >= 0.3 is 0 Å². The molecule has 1 fully saturated rings. The van der Waals surface area contributed by atoms with Gasteiger partial charge in [-0.15, -0.1) is 0 Å². The third-order valence-corrected chi connectivity index (χ3v) is 8.50. The molecule has 0 radical (unpaired) electrons. The number of benzene rings is 2. The van der Waals surface area contributed by atoms with E-state index in [1.807, 2.05) is 0 Å². The number of ether oxygens (including phenoxy) is 1. The van der Waals surface area contributed by atoms with Gasteiger partial charge < -0.3 is 10.5 Å². The second-order valence-electron chi connectivity index (χ2n) is 8.76. The number of anilines is 1. The second kappa shape index (κ2) is 9.69. The molecule has 6 nitrogen and oxygen atoms in total. The number of sulfonamides is 1. The van der Waals surface area contributed by atoms with Crippen LogP contribution in [0.2, 0.25) is 0 Å². The molecule has 1 atom stereocenters. The first-order chi connectivity index (χ1) is 15.0. The fourth-order valence-electron chi connectivity index (χ4n) is 4.95. The van der Waals surface area contributed by atoms with Crippen LogP contribution in [0.4, 0.5) is 5.69 Å². The van der Waals surface area contributed by atoms with Crippen molar-refractivity contribution in [1.29, 1.82) is 0 Å². The molecular weight excluding hydrogens is 410 g/mol. The molecule has 0 aromatic heterocycles.